The van der Waals surface area contributed by atoms with Crippen LogP contribution in [0.4, 0.5) is 5.69 Å². The van der Waals surface area contributed by atoms with E-state index in [-0.39, 0.29) is 0 Å². The van der Waals surface area contributed by atoms with Crippen molar-refractivity contribution >= 4 is 17.0 Å². The minimum absolute atomic E-state index is 0.671. The number of thiazole rings is 1. The Hall–Kier alpha value is -1.46. The van der Waals surface area contributed by atoms with Crippen molar-refractivity contribution in [1.82, 2.24) is 15.3 Å². The highest BCUT2D eigenvalue weighted by atomic mass is 32.1. The number of pyridine rings is 1. The van der Waals surface area contributed by atoms with Crippen molar-refractivity contribution < 1.29 is 0 Å². The van der Waals surface area contributed by atoms with Gasteiger partial charge in [-0.15, -0.1) is 11.3 Å². The van der Waals surface area contributed by atoms with Crippen LogP contribution >= 0.6 is 11.3 Å². The first-order valence-electron chi connectivity index (χ1n) is 4.63. The predicted molar refractivity (Wildman–Crippen MR) is 61.3 cm³/mol. The van der Waals surface area contributed by atoms with E-state index in [9.17, 15) is 0 Å². The van der Waals surface area contributed by atoms with Gasteiger partial charge in [0.15, 0.2) is 0 Å². The molecule has 2 aromatic rings. The largest absolute Gasteiger partial charge is 0.397 e. The van der Waals surface area contributed by atoms with Crippen molar-refractivity contribution in [1.29, 1.82) is 0 Å². The first-order valence-corrected chi connectivity index (χ1v) is 5.57. The second kappa shape index (κ2) is 4.86. The zero-order chi connectivity index (χ0) is 10.5. The SMILES string of the molecule is Nc1cccnc1CNCc1cscn1. The Morgan fingerprint density at radius 1 is 1.33 bits per heavy atom. The minimum atomic E-state index is 0.671. The number of nitrogen functional groups attached to an aromatic ring is 1. The van der Waals surface area contributed by atoms with Crippen molar-refractivity contribution in [3.63, 3.8) is 0 Å². The van der Waals surface area contributed by atoms with Crippen LogP contribution < -0.4 is 11.1 Å². The molecule has 0 bridgehead atoms. The molecular weight excluding hydrogens is 208 g/mol. The highest BCUT2D eigenvalue weighted by Gasteiger charge is 1.99. The molecule has 3 N–H and O–H groups in total. The summed E-state index contributed by atoms with van der Waals surface area (Å²) in [5.74, 6) is 0. The summed E-state index contributed by atoms with van der Waals surface area (Å²) in [6.07, 6.45) is 1.75. The van der Waals surface area contributed by atoms with E-state index in [2.05, 4.69) is 15.3 Å². The minimum Gasteiger partial charge on any atom is -0.397 e. The summed E-state index contributed by atoms with van der Waals surface area (Å²) in [5.41, 5.74) is 10.2. The highest BCUT2D eigenvalue weighted by Crippen LogP contribution is 2.06. The second-order valence-corrected chi connectivity index (χ2v) is 3.84. The number of anilines is 1. The lowest BCUT2D eigenvalue weighted by Gasteiger charge is -2.04. The van der Waals surface area contributed by atoms with E-state index in [4.69, 9.17) is 5.73 Å². The highest BCUT2D eigenvalue weighted by molar-refractivity contribution is 7.07. The Morgan fingerprint density at radius 2 is 2.27 bits per heavy atom. The Balaban J connectivity index is 1.86. The first kappa shape index (κ1) is 10.1. The van der Waals surface area contributed by atoms with Crippen molar-refractivity contribution in [2.75, 3.05) is 5.73 Å². The molecule has 15 heavy (non-hydrogen) atoms. The summed E-state index contributed by atoms with van der Waals surface area (Å²) < 4.78 is 0. The third kappa shape index (κ3) is 2.74. The fraction of sp³-hybridized carbons (Fsp3) is 0.200. The smallest absolute Gasteiger partial charge is 0.0795 e. The molecule has 2 aromatic heterocycles. The Labute approximate surface area is 92.2 Å². The summed E-state index contributed by atoms with van der Waals surface area (Å²) >= 11 is 1.60. The van der Waals surface area contributed by atoms with E-state index in [0.29, 0.717) is 6.54 Å². The lowest BCUT2D eigenvalue weighted by Crippen LogP contribution is -2.15. The molecule has 0 aromatic carbocycles. The van der Waals surface area contributed by atoms with E-state index in [1.54, 1.807) is 17.5 Å². The van der Waals surface area contributed by atoms with Gasteiger partial charge in [0.05, 0.1) is 22.6 Å². The van der Waals surface area contributed by atoms with Crippen LogP contribution in [0.5, 0.6) is 0 Å². The third-order valence-corrected chi connectivity index (χ3v) is 2.64. The van der Waals surface area contributed by atoms with E-state index in [1.165, 1.54) is 0 Å². The zero-order valence-corrected chi connectivity index (χ0v) is 9.00. The molecule has 0 fully saturated rings. The van der Waals surface area contributed by atoms with Gasteiger partial charge in [0.1, 0.15) is 0 Å². The maximum atomic E-state index is 5.76. The molecule has 0 saturated carbocycles. The molecule has 0 aliphatic heterocycles. The molecule has 78 valence electrons. The van der Waals surface area contributed by atoms with Gasteiger partial charge < -0.3 is 11.1 Å². The van der Waals surface area contributed by atoms with Crippen LogP contribution in [0.1, 0.15) is 11.4 Å². The summed E-state index contributed by atoms with van der Waals surface area (Å²) in [6.45, 7) is 1.42. The van der Waals surface area contributed by atoms with Crippen LogP contribution in [0.3, 0.4) is 0 Å². The number of nitrogens with zero attached hydrogens (tertiary/aromatic N) is 2. The normalized spacial score (nSPS) is 10.4. The van der Waals surface area contributed by atoms with Crippen molar-refractivity contribution in [2.24, 2.45) is 0 Å². The van der Waals surface area contributed by atoms with Crippen LogP contribution in [0.15, 0.2) is 29.2 Å². The Kier molecular flexibility index (Phi) is 3.26. The monoisotopic (exact) mass is 220 g/mol. The zero-order valence-electron chi connectivity index (χ0n) is 8.18. The van der Waals surface area contributed by atoms with Gasteiger partial charge in [0.25, 0.3) is 0 Å². The van der Waals surface area contributed by atoms with Crippen molar-refractivity contribution in [3.8, 4) is 0 Å². The molecule has 4 nitrogen and oxygen atoms in total. The number of nitrogens with one attached hydrogen (secondary N) is 1. The molecule has 0 aliphatic rings. The molecule has 0 unspecified atom stereocenters. The van der Waals surface area contributed by atoms with Crippen molar-refractivity contribution in [3.05, 3.63) is 40.6 Å². The number of nitrogens with two attached hydrogens (primary N) is 1. The quantitative estimate of drug-likeness (QED) is 0.817. The second-order valence-electron chi connectivity index (χ2n) is 3.12. The Bertz CT molecular complexity index is 413. The van der Waals surface area contributed by atoms with Crippen LogP contribution in [0, 0.1) is 0 Å². The number of rotatable bonds is 4. The van der Waals surface area contributed by atoms with Crippen molar-refractivity contribution in [2.45, 2.75) is 13.1 Å². The summed E-state index contributed by atoms with van der Waals surface area (Å²) in [5, 5.41) is 5.27. The van der Waals surface area contributed by atoms with Gasteiger partial charge in [0.2, 0.25) is 0 Å². The Morgan fingerprint density at radius 3 is 3.00 bits per heavy atom. The molecule has 0 saturated heterocycles. The lowest BCUT2D eigenvalue weighted by molar-refractivity contribution is 0.671. The van der Waals surface area contributed by atoms with Gasteiger partial charge in [0, 0.05) is 24.7 Å². The lowest BCUT2D eigenvalue weighted by atomic mass is 10.3. The third-order valence-electron chi connectivity index (χ3n) is 2.01. The predicted octanol–water partition coefficient (Wildman–Crippen LogP) is 1.41. The topological polar surface area (TPSA) is 63.8 Å². The van der Waals surface area contributed by atoms with Gasteiger partial charge in [-0.1, -0.05) is 0 Å². The number of aromatic nitrogens is 2. The maximum absolute atomic E-state index is 5.76. The molecule has 0 radical (unpaired) electrons. The first-order chi connectivity index (χ1) is 7.36. The van der Waals surface area contributed by atoms with Gasteiger partial charge in [-0.25, -0.2) is 4.98 Å². The summed E-state index contributed by atoms with van der Waals surface area (Å²) in [7, 11) is 0. The number of hydrogen-bond acceptors (Lipinski definition) is 5. The molecule has 0 atom stereocenters. The summed E-state index contributed by atoms with van der Waals surface area (Å²) in [4.78, 5) is 8.37. The molecule has 2 rings (SSSR count). The van der Waals surface area contributed by atoms with E-state index in [1.807, 2.05) is 23.0 Å². The van der Waals surface area contributed by atoms with Gasteiger partial charge in [-0.05, 0) is 12.1 Å². The number of hydrogen-bond donors (Lipinski definition) is 2. The molecular formula is C10H12N4S. The fourth-order valence-corrected chi connectivity index (χ4v) is 1.79. The van der Waals surface area contributed by atoms with Crippen LogP contribution in [-0.2, 0) is 13.1 Å². The van der Waals surface area contributed by atoms with Crippen LogP contribution in [0.2, 0.25) is 0 Å². The van der Waals surface area contributed by atoms with E-state index in [0.717, 1.165) is 23.6 Å². The van der Waals surface area contributed by atoms with Gasteiger partial charge in [-0.2, -0.15) is 0 Å². The molecule has 0 aliphatic carbocycles. The average Bonchev–Trinajstić information content (AvgIpc) is 2.74. The molecule has 5 heteroatoms. The molecule has 2 heterocycles. The van der Waals surface area contributed by atoms with E-state index >= 15 is 0 Å². The van der Waals surface area contributed by atoms with Crippen LogP contribution in [-0.4, -0.2) is 9.97 Å². The molecule has 0 spiro atoms. The summed E-state index contributed by atoms with van der Waals surface area (Å²) in [6, 6.07) is 3.69. The fourth-order valence-electron chi connectivity index (χ4n) is 1.23. The van der Waals surface area contributed by atoms with Crippen LogP contribution in [0.25, 0.3) is 0 Å². The molecule has 0 amide bonds. The van der Waals surface area contributed by atoms with Gasteiger partial charge in [-0.3, -0.25) is 4.98 Å². The van der Waals surface area contributed by atoms with Gasteiger partial charge >= 0.3 is 0 Å². The average molecular weight is 220 g/mol. The van der Waals surface area contributed by atoms with E-state index < -0.39 is 0 Å². The maximum Gasteiger partial charge on any atom is 0.0795 e. The standard InChI is InChI=1S/C10H12N4S/c11-9-2-1-3-13-10(9)5-12-4-8-6-15-7-14-8/h1-3,6-7,12H,4-5,11H2.